The van der Waals surface area contributed by atoms with Gasteiger partial charge in [0.25, 0.3) is 0 Å². The van der Waals surface area contributed by atoms with E-state index >= 15 is 0 Å². The van der Waals surface area contributed by atoms with E-state index in [1.165, 1.54) is 14.2 Å². The summed E-state index contributed by atoms with van der Waals surface area (Å²) in [5, 5.41) is -0.164. The molecule has 0 aliphatic carbocycles. The molecule has 0 spiro atoms. The van der Waals surface area contributed by atoms with Gasteiger partial charge in [-0.2, -0.15) is 0 Å². The van der Waals surface area contributed by atoms with E-state index in [9.17, 15) is 13.2 Å². The second-order valence-electron chi connectivity index (χ2n) is 8.83. The van der Waals surface area contributed by atoms with Crippen molar-refractivity contribution in [3.63, 3.8) is 0 Å². The van der Waals surface area contributed by atoms with Gasteiger partial charge in [0.1, 0.15) is 17.1 Å². The maximum Gasteiger partial charge on any atom is 0.341 e. The Balaban J connectivity index is 1.89. The Morgan fingerprint density at radius 1 is 0.865 bits per heavy atom. The van der Waals surface area contributed by atoms with E-state index in [1.54, 1.807) is 37.1 Å². The maximum absolute atomic E-state index is 12.8. The molecule has 0 amide bonds. The topological polar surface area (TPSA) is 78.9 Å². The van der Waals surface area contributed by atoms with E-state index in [1.807, 2.05) is 56.3 Å². The maximum atomic E-state index is 12.8. The monoisotopic (exact) mass is 542 g/mol. The zero-order valence-corrected chi connectivity index (χ0v) is 23.6. The number of hydrogen-bond donors (Lipinski definition) is 0. The molecule has 198 valence electrons. The standard InChI is InChI=1S/C29H34O6S2/c1-20-9-13-23(14-10-20)36-27(8-6-7-17-37(31,32)24-15-11-21(2)12-16-24)25-18-22(33-3)19-26(34-4)28(25)29(30)35-5/h9-16,18-19,27H,6-8,17H2,1-5H3. The van der Waals surface area contributed by atoms with Gasteiger partial charge in [0.2, 0.25) is 0 Å². The van der Waals surface area contributed by atoms with E-state index in [0.717, 1.165) is 21.6 Å². The molecular formula is C29H34O6S2. The molecule has 0 bridgehead atoms. The van der Waals surface area contributed by atoms with Crippen LogP contribution in [0.1, 0.15) is 51.6 Å². The molecule has 3 aromatic carbocycles. The third-order valence-corrected chi connectivity index (χ3v) is 9.24. The van der Waals surface area contributed by atoms with E-state index < -0.39 is 15.8 Å². The minimum Gasteiger partial charge on any atom is -0.497 e. The Kier molecular flexibility index (Phi) is 10.1. The Morgan fingerprint density at radius 2 is 1.49 bits per heavy atom. The number of carbonyl (C=O) groups is 1. The number of hydrogen-bond acceptors (Lipinski definition) is 7. The van der Waals surface area contributed by atoms with Crippen LogP contribution in [0.3, 0.4) is 0 Å². The lowest BCUT2D eigenvalue weighted by Crippen LogP contribution is -2.12. The molecule has 6 nitrogen and oxygen atoms in total. The van der Waals surface area contributed by atoms with Gasteiger partial charge in [-0.1, -0.05) is 41.8 Å². The highest BCUT2D eigenvalue weighted by molar-refractivity contribution is 7.99. The summed E-state index contributed by atoms with van der Waals surface area (Å²) in [5.41, 5.74) is 3.25. The number of rotatable bonds is 12. The van der Waals surface area contributed by atoms with Crippen molar-refractivity contribution in [3.05, 3.63) is 82.9 Å². The van der Waals surface area contributed by atoms with Crippen molar-refractivity contribution in [2.75, 3.05) is 27.1 Å². The van der Waals surface area contributed by atoms with Crippen LogP contribution in [-0.4, -0.2) is 41.5 Å². The zero-order valence-electron chi connectivity index (χ0n) is 21.9. The van der Waals surface area contributed by atoms with E-state index in [4.69, 9.17) is 14.2 Å². The van der Waals surface area contributed by atoms with Crippen molar-refractivity contribution in [2.24, 2.45) is 0 Å². The minimum atomic E-state index is -3.37. The minimum absolute atomic E-state index is 0.0588. The number of carbonyl (C=O) groups excluding carboxylic acids is 1. The van der Waals surface area contributed by atoms with Crippen LogP contribution >= 0.6 is 11.8 Å². The fourth-order valence-corrected chi connectivity index (χ4v) is 6.60. The molecule has 37 heavy (non-hydrogen) atoms. The molecule has 0 aliphatic rings. The third-order valence-electron chi connectivity index (χ3n) is 6.11. The average molecular weight is 543 g/mol. The molecule has 0 heterocycles. The SMILES string of the molecule is COC(=O)c1c(OC)cc(OC)cc1C(CCCCS(=O)(=O)c1ccc(C)cc1)Sc1ccc(C)cc1. The average Bonchev–Trinajstić information content (AvgIpc) is 2.90. The van der Waals surface area contributed by atoms with Gasteiger partial charge >= 0.3 is 5.97 Å². The van der Waals surface area contributed by atoms with Crippen molar-refractivity contribution >= 4 is 27.6 Å². The van der Waals surface area contributed by atoms with E-state index in [-0.39, 0.29) is 11.0 Å². The summed E-state index contributed by atoms with van der Waals surface area (Å²) in [7, 11) is 1.04. The smallest absolute Gasteiger partial charge is 0.341 e. The first kappa shape index (κ1) is 28.6. The highest BCUT2D eigenvalue weighted by Gasteiger charge is 2.26. The lowest BCUT2D eigenvalue weighted by Gasteiger charge is -2.22. The number of sulfone groups is 1. The fraction of sp³-hybridized carbons (Fsp3) is 0.345. The lowest BCUT2D eigenvalue weighted by atomic mass is 9.99. The van der Waals surface area contributed by atoms with Gasteiger partial charge in [-0.25, -0.2) is 13.2 Å². The number of unbranched alkanes of at least 4 members (excludes halogenated alkanes) is 1. The molecule has 0 N–H and O–H groups in total. The highest BCUT2D eigenvalue weighted by atomic mass is 32.2. The Labute approximate surface area is 224 Å². The normalized spacial score (nSPS) is 12.1. The summed E-state index contributed by atoms with van der Waals surface area (Å²) < 4.78 is 41.8. The first-order chi connectivity index (χ1) is 17.7. The second kappa shape index (κ2) is 13.0. The number of ether oxygens (including phenoxy) is 3. The predicted octanol–water partition coefficient (Wildman–Crippen LogP) is 6.58. The summed E-state index contributed by atoms with van der Waals surface area (Å²) in [4.78, 5) is 14.2. The molecule has 0 saturated heterocycles. The van der Waals surface area contributed by atoms with Gasteiger partial charge in [0, 0.05) is 16.2 Å². The van der Waals surface area contributed by atoms with Gasteiger partial charge in [0.15, 0.2) is 9.84 Å². The first-order valence-electron chi connectivity index (χ1n) is 12.1. The Hall–Kier alpha value is -2.97. The van der Waals surface area contributed by atoms with E-state index in [0.29, 0.717) is 41.2 Å². The van der Waals surface area contributed by atoms with Gasteiger partial charge < -0.3 is 14.2 Å². The molecule has 0 aliphatic heterocycles. The van der Waals surface area contributed by atoms with Crippen molar-refractivity contribution in [2.45, 2.75) is 48.2 Å². The molecule has 0 saturated carbocycles. The van der Waals surface area contributed by atoms with Crippen LogP contribution in [0.25, 0.3) is 0 Å². The second-order valence-corrected chi connectivity index (χ2v) is 12.2. The molecule has 3 rings (SSSR count). The molecule has 1 atom stereocenters. The van der Waals surface area contributed by atoms with Crippen molar-refractivity contribution in [3.8, 4) is 11.5 Å². The third kappa shape index (κ3) is 7.52. The zero-order chi connectivity index (χ0) is 27.0. The molecule has 1 unspecified atom stereocenters. The van der Waals surface area contributed by atoms with Crippen LogP contribution in [0.15, 0.2) is 70.5 Å². The Bertz CT molecular complexity index is 1300. The van der Waals surface area contributed by atoms with Crippen molar-refractivity contribution < 1.29 is 27.4 Å². The summed E-state index contributed by atoms with van der Waals surface area (Å²) in [5.74, 6) is 0.503. The van der Waals surface area contributed by atoms with Gasteiger partial charge in [-0.05, 0) is 62.6 Å². The molecule has 3 aromatic rings. The van der Waals surface area contributed by atoms with Crippen molar-refractivity contribution in [1.29, 1.82) is 0 Å². The van der Waals surface area contributed by atoms with Crippen LogP contribution in [0.5, 0.6) is 11.5 Å². The van der Waals surface area contributed by atoms with Crippen LogP contribution in [-0.2, 0) is 14.6 Å². The fourth-order valence-electron chi connectivity index (χ4n) is 4.01. The Morgan fingerprint density at radius 3 is 2.05 bits per heavy atom. The van der Waals surface area contributed by atoms with Gasteiger partial charge in [0.05, 0.1) is 32.0 Å². The molecule has 8 heteroatoms. The highest BCUT2D eigenvalue weighted by Crippen LogP contribution is 2.44. The summed E-state index contributed by atoms with van der Waals surface area (Å²) in [6, 6.07) is 18.6. The number of thioether (sulfide) groups is 1. The number of aryl methyl sites for hydroxylation is 2. The van der Waals surface area contributed by atoms with E-state index in [2.05, 4.69) is 0 Å². The van der Waals surface area contributed by atoms with Crippen molar-refractivity contribution in [1.82, 2.24) is 0 Å². The van der Waals surface area contributed by atoms with Gasteiger partial charge in [-0.3, -0.25) is 0 Å². The quantitative estimate of drug-likeness (QED) is 0.145. The summed E-state index contributed by atoms with van der Waals surface area (Å²) >= 11 is 1.62. The molecule has 0 fully saturated rings. The molecular weight excluding hydrogens is 508 g/mol. The largest absolute Gasteiger partial charge is 0.497 e. The lowest BCUT2D eigenvalue weighted by molar-refractivity contribution is 0.0595. The molecule has 0 aromatic heterocycles. The predicted molar refractivity (Wildman–Crippen MR) is 148 cm³/mol. The molecule has 0 radical (unpaired) electrons. The van der Waals surface area contributed by atoms with Crippen LogP contribution in [0.4, 0.5) is 0 Å². The van der Waals surface area contributed by atoms with Crippen LogP contribution < -0.4 is 9.47 Å². The number of benzene rings is 3. The van der Waals surface area contributed by atoms with Crippen LogP contribution in [0.2, 0.25) is 0 Å². The first-order valence-corrected chi connectivity index (χ1v) is 14.6. The summed E-state index contributed by atoms with van der Waals surface area (Å²) in [6.07, 6.45) is 1.78. The number of methoxy groups -OCH3 is 3. The number of esters is 1. The van der Waals surface area contributed by atoms with Gasteiger partial charge in [-0.15, -0.1) is 11.8 Å². The summed E-state index contributed by atoms with van der Waals surface area (Å²) in [6.45, 7) is 3.96. The van der Waals surface area contributed by atoms with Crippen LogP contribution in [0, 0.1) is 13.8 Å².